The van der Waals surface area contributed by atoms with E-state index >= 15 is 0 Å². The first-order valence-corrected chi connectivity index (χ1v) is 10.8. The minimum absolute atomic E-state index is 0.220. The van der Waals surface area contributed by atoms with Gasteiger partial charge in [0.1, 0.15) is 0 Å². The highest BCUT2D eigenvalue weighted by molar-refractivity contribution is 6.34. The molecule has 0 bridgehead atoms. The summed E-state index contributed by atoms with van der Waals surface area (Å²) in [5.74, 6) is -0.220. The van der Waals surface area contributed by atoms with Crippen LogP contribution in [0.5, 0.6) is 0 Å². The average molecular weight is 462 g/mol. The molecule has 1 atom stereocenters. The number of benzene rings is 4. The van der Waals surface area contributed by atoms with Crippen LogP contribution in [0.1, 0.15) is 11.6 Å². The minimum Gasteiger partial charge on any atom is -0.324 e. The number of nitrogens with one attached hydrogen (secondary N) is 2. The van der Waals surface area contributed by atoms with Crippen molar-refractivity contribution in [1.29, 1.82) is 0 Å². The number of carbonyl (C=O) groups excluding carboxylic acids is 1. The zero-order valence-electron chi connectivity index (χ0n) is 17.1. The van der Waals surface area contributed by atoms with Crippen LogP contribution in [0.15, 0.2) is 109 Å². The first kappa shape index (κ1) is 21.8. The summed E-state index contributed by atoms with van der Waals surface area (Å²) in [4.78, 5) is 13.6. The topological polar surface area (TPSA) is 44.4 Å². The minimum atomic E-state index is -0.743. The van der Waals surface area contributed by atoms with Crippen LogP contribution in [0.4, 0.5) is 17.1 Å². The Morgan fingerprint density at radius 2 is 1.25 bits per heavy atom. The van der Waals surface area contributed by atoms with E-state index in [-0.39, 0.29) is 5.91 Å². The Hall–Kier alpha value is -3.47. The molecule has 32 heavy (non-hydrogen) atoms. The van der Waals surface area contributed by atoms with Gasteiger partial charge in [0.15, 0.2) is 6.04 Å². The van der Waals surface area contributed by atoms with Crippen molar-refractivity contribution in [2.45, 2.75) is 6.04 Å². The SMILES string of the molecule is O=C(Nc1ccccc1)[C@H](c1ccccc1)N(Nc1ccccc1Cl)c1ccccc1Cl. The van der Waals surface area contributed by atoms with Gasteiger partial charge in [0, 0.05) is 5.69 Å². The van der Waals surface area contributed by atoms with E-state index in [1.54, 1.807) is 17.1 Å². The van der Waals surface area contributed by atoms with Crippen molar-refractivity contribution in [3.05, 3.63) is 125 Å². The molecule has 6 heteroatoms. The maximum absolute atomic E-state index is 13.6. The maximum Gasteiger partial charge on any atom is 0.253 e. The predicted molar refractivity (Wildman–Crippen MR) is 133 cm³/mol. The lowest BCUT2D eigenvalue weighted by molar-refractivity contribution is -0.117. The number of amides is 1. The molecule has 2 N–H and O–H groups in total. The summed E-state index contributed by atoms with van der Waals surface area (Å²) in [6.45, 7) is 0. The smallest absolute Gasteiger partial charge is 0.253 e. The monoisotopic (exact) mass is 461 g/mol. The molecule has 1 amide bonds. The first-order valence-electron chi connectivity index (χ1n) is 10.1. The summed E-state index contributed by atoms with van der Waals surface area (Å²) in [6.07, 6.45) is 0. The second-order valence-electron chi connectivity index (χ2n) is 7.08. The van der Waals surface area contributed by atoms with Crippen molar-refractivity contribution in [2.75, 3.05) is 15.8 Å². The summed E-state index contributed by atoms with van der Waals surface area (Å²) < 4.78 is 0. The molecule has 0 saturated heterocycles. The van der Waals surface area contributed by atoms with Gasteiger partial charge >= 0.3 is 0 Å². The third kappa shape index (κ3) is 5.05. The summed E-state index contributed by atoms with van der Waals surface area (Å²) in [5, 5.41) is 5.79. The number of para-hydroxylation sites is 3. The fourth-order valence-electron chi connectivity index (χ4n) is 3.38. The lowest BCUT2D eigenvalue weighted by Crippen LogP contribution is -2.41. The first-order chi connectivity index (χ1) is 15.6. The predicted octanol–water partition coefficient (Wildman–Crippen LogP) is 7.21. The molecule has 0 fully saturated rings. The number of carbonyl (C=O) groups is 1. The molecule has 0 heterocycles. The van der Waals surface area contributed by atoms with E-state index in [2.05, 4.69) is 10.7 Å². The van der Waals surface area contributed by atoms with Crippen molar-refractivity contribution < 1.29 is 4.79 Å². The van der Waals surface area contributed by atoms with Gasteiger partial charge in [-0.1, -0.05) is 96.0 Å². The van der Waals surface area contributed by atoms with E-state index in [1.807, 2.05) is 97.1 Å². The van der Waals surface area contributed by atoms with Gasteiger partial charge < -0.3 is 5.32 Å². The standard InChI is InChI=1S/C26H21Cl2N3O/c27-21-15-7-9-17-23(21)30-31(24-18-10-8-16-22(24)28)25(19-11-3-1-4-12-19)26(32)29-20-13-5-2-6-14-20/h1-18,25,30H,(H,29,32)/t25-/m0/s1. The zero-order chi connectivity index (χ0) is 22.3. The van der Waals surface area contributed by atoms with Crippen molar-refractivity contribution >= 4 is 46.2 Å². The van der Waals surface area contributed by atoms with Crippen molar-refractivity contribution in [3.63, 3.8) is 0 Å². The Balaban J connectivity index is 1.81. The summed E-state index contributed by atoms with van der Waals surface area (Å²) in [6, 6.07) is 32.9. The van der Waals surface area contributed by atoms with Gasteiger partial charge in [-0.25, -0.2) is 0 Å². The molecule has 4 nitrogen and oxygen atoms in total. The molecule has 0 unspecified atom stereocenters. The Bertz CT molecular complexity index is 1190. The highest BCUT2D eigenvalue weighted by atomic mass is 35.5. The Morgan fingerprint density at radius 3 is 1.91 bits per heavy atom. The lowest BCUT2D eigenvalue weighted by Gasteiger charge is -2.34. The van der Waals surface area contributed by atoms with Crippen LogP contribution in [0, 0.1) is 0 Å². The maximum atomic E-state index is 13.6. The van der Waals surface area contributed by atoms with E-state index in [4.69, 9.17) is 23.2 Å². The van der Waals surface area contributed by atoms with E-state index in [0.717, 1.165) is 5.56 Å². The molecule has 0 aromatic heterocycles. The number of rotatable bonds is 7. The normalized spacial score (nSPS) is 11.4. The molecule has 0 spiro atoms. The molecular formula is C26H21Cl2N3O. The van der Waals surface area contributed by atoms with Crippen LogP contribution in [0.25, 0.3) is 0 Å². The van der Waals surface area contributed by atoms with Crippen molar-refractivity contribution in [2.24, 2.45) is 0 Å². The molecule has 0 aliphatic carbocycles. The van der Waals surface area contributed by atoms with Crippen molar-refractivity contribution in [1.82, 2.24) is 0 Å². The van der Waals surface area contributed by atoms with Gasteiger partial charge in [-0.2, -0.15) is 0 Å². The van der Waals surface area contributed by atoms with Crippen LogP contribution in [-0.2, 0) is 4.79 Å². The summed E-state index contributed by atoms with van der Waals surface area (Å²) in [5.41, 5.74) is 6.12. The van der Waals surface area contributed by atoms with Gasteiger partial charge in [-0.3, -0.25) is 15.2 Å². The zero-order valence-corrected chi connectivity index (χ0v) is 18.6. The molecule has 160 valence electrons. The van der Waals surface area contributed by atoms with E-state index in [9.17, 15) is 4.79 Å². The Morgan fingerprint density at radius 1 is 0.688 bits per heavy atom. The fraction of sp³-hybridized carbons (Fsp3) is 0.0385. The highest BCUT2D eigenvalue weighted by Crippen LogP contribution is 2.35. The summed E-state index contributed by atoms with van der Waals surface area (Å²) in [7, 11) is 0. The van der Waals surface area contributed by atoms with Gasteiger partial charge in [0.25, 0.3) is 5.91 Å². The lowest BCUT2D eigenvalue weighted by atomic mass is 10.0. The molecule has 4 rings (SSSR count). The van der Waals surface area contributed by atoms with Gasteiger partial charge in [0.05, 0.1) is 21.4 Å². The molecule has 0 aliphatic rings. The van der Waals surface area contributed by atoms with Crippen LogP contribution < -0.4 is 15.8 Å². The van der Waals surface area contributed by atoms with Gasteiger partial charge in [0.2, 0.25) is 0 Å². The molecular weight excluding hydrogens is 441 g/mol. The average Bonchev–Trinajstić information content (AvgIpc) is 2.82. The fourth-order valence-corrected chi connectivity index (χ4v) is 3.78. The van der Waals surface area contributed by atoms with E-state index in [1.165, 1.54) is 0 Å². The van der Waals surface area contributed by atoms with E-state index in [0.29, 0.717) is 27.1 Å². The largest absolute Gasteiger partial charge is 0.324 e. The van der Waals surface area contributed by atoms with Crippen LogP contribution in [0.2, 0.25) is 10.0 Å². The van der Waals surface area contributed by atoms with Gasteiger partial charge in [-0.15, -0.1) is 0 Å². The number of halogens is 2. The molecule has 4 aromatic carbocycles. The molecule has 0 saturated carbocycles. The van der Waals surface area contributed by atoms with Gasteiger partial charge in [-0.05, 0) is 42.0 Å². The third-order valence-corrected chi connectivity index (χ3v) is 5.54. The second kappa shape index (κ2) is 10.2. The van der Waals surface area contributed by atoms with Crippen LogP contribution in [-0.4, -0.2) is 5.91 Å². The highest BCUT2D eigenvalue weighted by Gasteiger charge is 2.30. The van der Waals surface area contributed by atoms with Crippen LogP contribution >= 0.6 is 23.2 Å². The molecule has 0 aliphatic heterocycles. The molecule has 4 aromatic rings. The Labute approximate surface area is 197 Å². The summed E-state index contributed by atoms with van der Waals surface area (Å²) >= 11 is 13.0. The number of hydrazine groups is 1. The Kier molecular flexibility index (Phi) is 6.95. The van der Waals surface area contributed by atoms with Crippen molar-refractivity contribution in [3.8, 4) is 0 Å². The number of hydrogen-bond acceptors (Lipinski definition) is 3. The van der Waals surface area contributed by atoms with Crippen LogP contribution in [0.3, 0.4) is 0 Å². The quantitative estimate of drug-likeness (QED) is 0.285. The van der Waals surface area contributed by atoms with E-state index < -0.39 is 6.04 Å². The number of nitrogens with zero attached hydrogens (tertiary/aromatic N) is 1. The number of anilines is 3. The third-order valence-electron chi connectivity index (χ3n) is 4.89. The number of hydrogen-bond donors (Lipinski definition) is 2. The molecule has 0 radical (unpaired) electrons. The second-order valence-corrected chi connectivity index (χ2v) is 7.90.